The van der Waals surface area contributed by atoms with Gasteiger partial charge in [-0.1, -0.05) is 42.5 Å². The lowest BCUT2D eigenvalue weighted by Crippen LogP contribution is -2.18. The van der Waals surface area contributed by atoms with Crippen LogP contribution in [0, 0.1) is 10.1 Å². The van der Waals surface area contributed by atoms with Gasteiger partial charge >= 0.3 is 0 Å². The molecule has 166 valence electrons. The van der Waals surface area contributed by atoms with Crippen molar-refractivity contribution in [2.24, 2.45) is 5.10 Å². The first-order valence-corrected chi connectivity index (χ1v) is 11.4. The second kappa shape index (κ2) is 9.49. The van der Waals surface area contributed by atoms with Gasteiger partial charge in [0.25, 0.3) is 15.7 Å². The fraction of sp³-hybridized carbons (Fsp3) is 0.0417. The number of nitro groups is 1. The SMILES string of the molecule is O=[N+]([O-])c1cccc(COc2ccc(/C=N\NS(=O)(=O)c3ccc4ccccc4c3)cc2)c1. The Kier molecular flexibility index (Phi) is 6.32. The first kappa shape index (κ1) is 22.0. The highest BCUT2D eigenvalue weighted by Crippen LogP contribution is 2.19. The van der Waals surface area contributed by atoms with E-state index in [0.29, 0.717) is 16.9 Å². The molecule has 0 saturated heterocycles. The van der Waals surface area contributed by atoms with Crippen LogP contribution in [0.25, 0.3) is 10.8 Å². The molecule has 0 unspecified atom stereocenters. The van der Waals surface area contributed by atoms with Crippen molar-refractivity contribution in [3.05, 3.63) is 112 Å². The van der Waals surface area contributed by atoms with Gasteiger partial charge in [-0.3, -0.25) is 10.1 Å². The quantitative estimate of drug-likeness (QED) is 0.233. The third kappa shape index (κ3) is 5.52. The summed E-state index contributed by atoms with van der Waals surface area (Å²) in [5.41, 5.74) is 1.35. The van der Waals surface area contributed by atoms with Gasteiger partial charge in [-0.25, -0.2) is 4.83 Å². The van der Waals surface area contributed by atoms with Crippen LogP contribution in [0.1, 0.15) is 11.1 Å². The lowest BCUT2D eigenvalue weighted by Gasteiger charge is -2.07. The number of non-ortho nitro benzene ring substituents is 1. The van der Waals surface area contributed by atoms with E-state index in [9.17, 15) is 18.5 Å². The molecule has 0 amide bonds. The summed E-state index contributed by atoms with van der Waals surface area (Å²) in [6.45, 7) is 0.181. The molecule has 4 aromatic rings. The molecule has 0 radical (unpaired) electrons. The van der Waals surface area contributed by atoms with Crippen LogP contribution in [0.15, 0.2) is 101 Å². The second-order valence-electron chi connectivity index (χ2n) is 7.15. The number of nitrogens with one attached hydrogen (secondary N) is 1. The fourth-order valence-corrected chi connectivity index (χ4v) is 3.96. The second-order valence-corrected chi connectivity index (χ2v) is 8.81. The molecule has 0 aliphatic carbocycles. The van der Waals surface area contributed by atoms with Gasteiger partial charge in [0, 0.05) is 12.1 Å². The number of fused-ring (bicyclic) bond motifs is 1. The van der Waals surface area contributed by atoms with E-state index in [1.807, 2.05) is 24.3 Å². The molecular formula is C24H19N3O5S. The Bertz CT molecular complexity index is 1430. The highest BCUT2D eigenvalue weighted by molar-refractivity contribution is 7.89. The number of hydrogen-bond acceptors (Lipinski definition) is 6. The Labute approximate surface area is 190 Å². The third-order valence-corrected chi connectivity index (χ3v) is 6.05. The standard InChI is InChI=1S/C24H19N3O5S/c28-27(29)22-7-3-4-19(14-22)17-32-23-11-8-18(9-12-23)16-25-26-33(30,31)24-13-10-20-5-1-2-6-21(20)15-24/h1-16,26H,17H2/b25-16-. The average Bonchev–Trinajstić information content (AvgIpc) is 2.83. The van der Waals surface area contributed by atoms with Gasteiger partial charge in [-0.15, -0.1) is 0 Å². The summed E-state index contributed by atoms with van der Waals surface area (Å²) in [5, 5.41) is 16.5. The van der Waals surface area contributed by atoms with Crippen molar-refractivity contribution in [3.8, 4) is 5.75 Å². The van der Waals surface area contributed by atoms with Crippen molar-refractivity contribution < 1.29 is 18.1 Å². The summed E-state index contributed by atoms with van der Waals surface area (Å²) < 4.78 is 30.7. The summed E-state index contributed by atoms with van der Waals surface area (Å²) >= 11 is 0. The smallest absolute Gasteiger partial charge is 0.276 e. The van der Waals surface area contributed by atoms with E-state index in [1.54, 1.807) is 48.5 Å². The van der Waals surface area contributed by atoms with Crippen molar-refractivity contribution in [1.29, 1.82) is 0 Å². The maximum Gasteiger partial charge on any atom is 0.276 e. The van der Waals surface area contributed by atoms with Crippen LogP contribution >= 0.6 is 0 Å². The number of sulfonamides is 1. The van der Waals surface area contributed by atoms with Crippen molar-refractivity contribution in [2.75, 3.05) is 0 Å². The number of ether oxygens (including phenoxy) is 1. The van der Waals surface area contributed by atoms with Crippen LogP contribution in [0.5, 0.6) is 5.75 Å². The molecule has 0 fully saturated rings. The van der Waals surface area contributed by atoms with Crippen LogP contribution in [0.4, 0.5) is 5.69 Å². The molecule has 0 heterocycles. The number of hydrogen-bond donors (Lipinski definition) is 1. The zero-order valence-electron chi connectivity index (χ0n) is 17.3. The fourth-order valence-electron chi connectivity index (χ4n) is 3.13. The Morgan fingerprint density at radius 1 is 0.909 bits per heavy atom. The van der Waals surface area contributed by atoms with Crippen LogP contribution in [-0.4, -0.2) is 19.6 Å². The highest BCUT2D eigenvalue weighted by Gasteiger charge is 2.13. The monoisotopic (exact) mass is 461 g/mol. The largest absolute Gasteiger partial charge is 0.489 e. The molecule has 0 aliphatic heterocycles. The van der Waals surface area contributed by atoms with Gasteiger partial charge in [0.2, 0.25) is 0 Å². The van der Waals surface area contributed by atoms with Crippen LogP contribution in [0.3, 0.4) is 0 Å². The molecule has 8 nitrogen and oxygen atoms in total. The summed E-state index contributed by atoms with van der Waals surface area (Å²) in [5.74, 6) is 0.565. The van der Waals surface area contributed by atoms with Crippen molar-refractivity contribution >= 4 is 32.7 Å². The zero-order valence-corrected chi connectivity index (χ0v) is 18.1. The summed E-state index contributed by atoms with van der Waals surface area (Å²) in [6, 6.07) is 25.5. The van der Waals surface area contributed by atoms with Gasteiger partial charge in [0.1, 0.15) is 12.4 Å². The molecule has 4 rings (SSSR count). The minimum atomic E-state index is -3.80. The molecule has 0 atom stereocenters. The maximum absolute atomic E-state index is 12.5. The topological polar surface area (TPSA) is 111 Å². The lowest BCUT2D eigenvalue weighted by atomic mass is 10.1. The number of nitrogens with zero attached hydrogens (tertiary/aromatic N) is 2. The Hall–Kier alpha value is -4.24. The normalized spacial score (nSPS) is 11.5. The first-order chi connectivity index (χ1) is 15.9. The number of nitro benzene ring substituents is 1. The van der Waals surface area contributed by atoms with E-state index >= 15 is 0 Å². The van der Waals surface area contributed by atoms with Gasteiger partial charge in [-0.05, 0) is 58.3 Å². The predicted molar refractivity (Wildman–Crippen MR) is 126 cm³/mol. The van der Waals surface area contributed by atoms with Crippen molar-refractivity contribution in [3.63, 3.8) is 0 Å². The van der Waals surface area contributed by atoms with E-state index < -0.39 is 14.9 Å². The summed E-state index contributed by atoms with van der Waals surface area (Å²) in [7, 11) is -3.80. The molecular weight excluding hydrogens is 442 g/mol. The minimum absolute atomic E-state index is 0.00815. The van der Waals surface area contributed by atoms with Crippen molar-refractivity contribution in [1.82, 2.24) is 4.83 Å². The third-order valence-electron chi connectivity index (χ3n) is 4.82. The molecule has 4 aromatic carbocycles. The Balaban J connectivity index is 1.36. The first-order valence-electron chi connectivity index (χ1n) is 9.91. The highest BCUT2D eigenvalue weighted by atomic mass is 32.2. The van der Waals surface area contributed by atoms with Gasteiger partial charge in [0.15, 0.2) is 0 Å². The van der Waals surface area contributed by atoms with E-state index in [2.05, 4.69) is 9.93 Å². The summed E-state index contributed by atoms with van der Waals surface area (Å²) in [4.78, 5) is 12.8. The molecule has 0 saturated carbocycles. The molecule has 0 spiro atoms. The van der Waals surface area contributed by atoms with E-state index in [1.165, 1.54) is 24.4 Å². The number of benzene rings is 4. The van der Waals surface area contributed by atoms with E-state index in [4.69, 9.17) is 4.74 Å². The van der Waals surface area contributed by atoms with Crippen molar-refractivity contribution in [2.45, 2.75) is 11.5 Å². The van der Waals surface area contributed by atoms with E-state index in [-0.39, 0.29) is 17.2 Å². The zero-order chi connectivity index (χ0) is 23.3. The predicted octanol–water partition coefficient (Wildman–Crippen LogP) is 4.64. The molecule has 1 N–H and O–H groups in total. The van der Waals surface area contributed by atoms with Gasteiger partial charge in [-0.2, -0.15) is 13.5 Å². The number of hydrazone groups is 1. The summed E-state index contributed by atoms with van der Waals surface area (Å²) in [6.07, 6.45) is 1.39. The Morgan fingerprint density at radius 3 is 2.42 bits per heavy atom. The minimum Gasteiger partial charge on any atom is -0.489 e. The molecule has 0 aliphatic rings. The molecule has 33 heavy (non-hydrogen) atoms. The van der Waals surface area contributed by atoms with Crippen LogP contribution in [-0.2, 0) is 16.6 Å². The van der Waals surface area contributed by atoms with Crippen LogP contribution < -0.4 is 9.57 Å². The molecule has 0 aromatic heterocycles. The van der Waals surface area contributed by atoms with Crippen LogP contribution in [0.2, 0.25) is 0 Å². The average molecular weight is 461 g/mol. The maximum atomic E-state index is 12.5. The van der Waals surface area contributed by atoms with Gasteiger partial charge < -0.3 is 4.74 Å². The van der Waals surface area contributed by atoms with E-state index in [0.717, 1.165) is 10.8 Å². The molecule has 0 bridgehead atoms. The van der Waals surface area contributed by atoms with Gasteiger partial charge in [0.05, 0.1) is 16.0 Å². The number of rotatable bonds is 8. The molecule has 9 heteroatoms. The Morgan fingerprint density at radius 2 is 1.67 bits per heavy atom. The lowest BCUT2D eigenvalue weighted by molar-refractivity contribution is -0.384.